The van der Waals surface area contributed by atoms with Gasteiger partial charge in [0.25, 0.3) is 0 Å². The number of esters is 2. The molecule has 0 aromatic carbocycles. The molecule has 1 saturated heterocycles. The second-order valence-corrected chi connectivity index (χ2v) is 15.3. The van der Waals surface area contributed by atoms with Crippen molar-refractivity contribution >= 4 is 11.9 Å². The van der Waals surface area contributed by atoms with Gasteiger partial charge in [-0.2, -0.15) is 0 Å². The molecule has 8 nitrogen and oxygen atoms in total. The number of hydrogen-bond acceptors (Lipinski definition) is 8. The first-order chi connectivity index (χ1) is 24.9. The fourth-order valence-corrected chi connectivity index (χ4v) is 7.10. The van der Waals surface area contributed by atoms with Crippen LogP contribution in [0.1, 0.15) is 219 Å². The molecule has 51 heavy (non-hydrogen) atoms. The molecule has 302 valence electrons. The third kappa shape index (κ3) is 26.2. The molecular formula is C43H82O8. The molecule has 1 heterocycles. The molecule has 8 heteroatoms. The third-order valence-electron chi connectivity index (χ3n) is 10.5. The molecule has 1 fully saturated rings. The third-order valence-corrected chi connectivity index (χ3v) is 10.5. The summed E-state index contributed by atoms with van der Waals surface area (Å²) < 4.78 is 22.0. The minimum atomic E-state index is -1.41. The minimum Gasteiger partial charge on any atom is -0.463 e. The summed E-state index contributed by atoms with van der Waals surface area (Å²) >= 11 is 0. The van der Waals surface area contributed by atoms with Crippen molar-refractivity contribution in [2.45, 2.75) is 250 Å². The van der Waals surface area contributed by atoms with Gasteiger partial charge < -0.3 is 29.2 Å². The predicted octanol–water partition coefficient (Wildman–Crippen LogP) is 11.1. The van der Waals surface area contributed by atoms with Crippen LogP contribution in [-0.4, -0.2) is 66.6 Å². The first-order valence-electron chi connectivity index (χ1n) is 21.8. The normalized spacial score (nSPS) is 20.5. The molecular weight excluding hydrogens is 644 g/mol. The van der Waals surface area contributed by atoms with E-state index in [-0.39, 0.29) is 19.0 Å². The summed E-state index contributed by atoms with van der Waals surface area (Å²) in [5, 5.41) is 21.4. The highest BCUT2D eigenvalue weighted by Gasteiger charge is 2.47. The number of hydrogen-bond donors (Lipinski definition) is 2. The lowest BCUT2D eigenvalue weighted by Crippen LogP contribution is -2.60. The molecule has 0 amide bonds. The summed E-state index contributed by atoms with van der Waals surface area (Å²) in [7, 11) is 1.39. The Morgan fingerprint density at radius 1 is 0.490 bits per heavy atom. The monoisotopic (exact) mass is 727 g/mol. The van der Waals surface area contributed by atoms with Crippen molar-refractivity contribution in [3.05, 3.63) is 0 Å². The molecule has 1 aliphatic rings. The van der Waals surface area contributed by atoms with Gasteiger partial charge >= 0.3 is 11.9 Å². The summed E-state index contributed by atoms with van der Waals surface area (Å²) in [6, 6.07) is 0. The number of unbranched alkanes of at least 4 members (excludes halogenated alkanes) is 28. The van der Waals surface area contributed by atoms with Gasteiger partial charge in [0.05, 0.1) is 0 Å². The fraction of sp³-hybridized carbons (Fsp3) is 0.953. The molecule has 0 spiro atoms. The molecule has 1 aliphatic heterocycles. The van der Waals surface area contributed by atoms with E-state index in [4.69, 9.17) is 18.9 Å². The van der Waals surface area contributed by atoms with E-state index in [2.05, 4.69) is 13.8 Å². The van der Waals surface area contributed by atoms with Crippen LogP contribution in [0.5, 0.6) is 0 Å². The quantitative estimate of drug-likeness (QED) is 0.0485. The maximum atomic E-state index is 12.5. The number of rotatable bonds is 36. The number of methoxy groups -OCH3 is 1. The molecule has 0 aliphatic carbocycles. The SMILES string of the molecule is CCCCCCCCCCCCCCCCCC(=O)OCC1O[C@@H](OC)C(OC(=O)CCCCCCCCCCCCCCCCC)C(O)[C@@H]1O. The van der Waals surface area contributed by atoms with E-state index in [0.29, 0.717) is 6.42 Å². The predicted molar refractivity (Wildman–Crippen MR) is 208 cm³/mol. The van der Waals surface area contributed by atoms with Gasteiger partial charge in [0.15, 0.2) is 12.4 Å². The van der Waals surface area contributed by atoms with Gasteiger partial charge in [-0.1, -0.05) is 194 Å². The van der Waals surface area contributed by atoms with Crippen molar-refractivity contribution in [1.29, 1.82) is 0 Å². The molecule has 0 aromatic heterocycles. The van der Waals surface area contributed by atoms with Gasteiger partial charge in [0.2, 0.25) is 0 Å². The highest BCUT2D eigenvalue weighted by Crippen LogP contribution is 2.26. The van der Waals surface area contributed by atoms with E-state index in [9.17, 15) is 19.8 Å². The van der Waals surface area contributed by atoms with Crippen LogP contribution in [0.2, 0.25) is 0 Å². The summed E-state index contributed by atoms with van der Waals surface area (Å²) in [4.78, 5) is 24.9. The van der Waals surface area contributed by atoms with Gasteiger partial charge in [0.1, 0.15) is 24.9 Å². The van der Waals surface area contributed by atoms with Crippen LogP contribution in [0.3, 0.4) is 0 Å². The smallest absolute Gasteiger partial charge is 0.306 e. The number of carbonyl (C=O) groups is 2. The largest absolute Gasteiger partial charge is 0.463 e. The Labute approximate surface area is 313 Å². The number of ether oxygens (including phenoxy) is 4. The van der Waals surface area contributed by atoms with E-state index in [1.54, 1.807) is 0 Å². The van der Waals surface area contributed by atoms with Gasteiger partial charge in [-0.05, 0) is 12.8 Å². The molecule has 5 atom stereocenters. The maximum absolute atomic E-state index is 12.5. The number of aliphatic hydroxyl groups excluding tert-OH is 2. The lowest BCUT2D eigenvalue weighted by Gasteiger charge is -2.41. The Hall–Kier alpha value is -1.22. The molecule has 2 N–H and O–H groups in total. The first-order valence-corrected chi connectivity index (χ1v) is 21.8. The molecule has 0 aromatic rings. The van der Waals surface area contributed by atoms with E-state index in [1.807, 2.05) is 0 Å². The first kappa shape index (κ1) is 47.8. The van der Waals surface area contributed by atoms with Gasteiger partial charge in [0, 0.05) is 20.0 Å². The average Bonchev–Trinajstić information content (AvgIpc) is 3.13. The molecule has 0 saturated carbocycles. The van der Waals surface area contributed by atoms with Crippen molar-refractivity contribution in [1.82, 2.24) is 0 Å². The van der Waals surface area contributed by atoms with Gasteiger partial charge in [-0.25, -0.2) is 0 Å². The average molecular weight is 727 g/mol. The Balaban J connectivity index is 2.07. The van der Waals surface area contributed by atoms with E-state index in [1.165, 1.54) is 161 Å². The van der Waals surface area contributed by atoms with E-state index >= 15 is 0 Å². The maximum Gasteiger partial charge on any atom is 0.306 e. The zero-order valence-electron chi connectivity index (χ0n) is 33.6. The highest BCUT2D eigenvalue weighted by atomic mass is 16.7. The van der Waals surface area contributed by atoms with E-state index in [0.717, 1.165) is 38.5 Å². The van der Waals surface area contributed by atoms with Crippen LogP contribution in [0.15, 0.2) is 0 Å². The second kappa shape index (κ2) is 34.5. The van der Waals surface area contributed by atoms with Crippen LogP contribution in [0.4, 0.5) is 0 Å². The second-order valence-electron chi connectivity index (χ2n) is 15.3. The van der Waals surface area contributed by atoms with Crippen molar-refractivity contribution in [3.8, 4) is 0 Å². The Bertz CT molecular complexity index is 788. The Morgan fingerprint density at radius 2 is 0.824 bits per heavy atom. The zero-order chi connectivity index (χ0) is 37.2. The van der Waals surface area contributed by atoms with Crippen LogP contribution in [0.25, 0.3) is 0 Å². The van der Waals surface area contributed by atoms with Crippen LogP contribution in [0, 0.1) is 0 Å². The van der Waals surface area contributed by atoms with Crippen molar-refractivity contribution < 1.29 is 38.7 Å². The topological polar surface area (TPSA) is 112 Å². The summed E-state index contributed by atoms with van der Waals surface area (Å²) in [6.07, 6.45) is 32.3. The van der Waals surface area contributed by atoms with Gasteiger partial charge in [-0.15, -0.1) is 0 Å². The molecule has 1 rings (SSSR count). The zero-order valence-corrected chi connectivity index (χ0v) is 33.6. The van der Waals surface area contributed by atoms with Crippen LogP contribution >= 0.6 is 0 Å². The number of carbonyl (C=O) groups excluding carboxylic acids is 2. The van der Waals surface area contributed by atoms with Crippen molar-refractivity contribution in [2.24, 2.45) is 0 Å². The Morgan fingerprint density at radius 3 is 1.18 bits per heavy atom. The number of aliphatic hydroxyl groups is 2. The summed E-state index contributed by atoms with van der Waals surface area (Å²) in [5.74, 6) is -0.791. The highest BCUT2D eigenvalue weighted by molar-refractivity contribution is 5.69. The fourth-order valence-electron chi connectivity index (χ4n) is 7.10. The molecule has 3 unspecified atom stereocenters. The van der Waals surface area contributed by atoms with Gasteiger partial charge in [-0.3, -0.25) is 9.59 Å². The minimum absolute atomic E-state index is 0.199. The molecule has 0 radical (unpaired) electrons. The standard InChI is InChI=1S/C43H82O8/c1-4-6-8-10-12-14-16-18-20-22-24-26-28-30-32-34-38(44)49-36-37-40(46)41(47)42(43(48-3)50-37)51-39(45)35-33-31-29-27-25-23-21-19-17-15-13-11-9-7-5-2/h37,40-43,46-47H,4-36H2,1-3H3/t37?,40-,41?,42?,43-/m1/s1. The van der Waals surface area contributed by atoms with E-state index < -0.39 is 36.7 Å². The summed E-state index contributed by atoms with van der Waals surface area (Å²) in [6.45, 7) is 4.33. The van der Waals surface area contributed by atoms with Crippen LogP contribution in [-0.2, 0) is 28.5 Å². The van der Waals surface area contributed by atoms with Crippen molar-refractivity contribution in [3.63, 3.8) is 0 Å². The lowest BCUT2D eigenvalue weighted by molar-refractivity contribution is -0.298. The molecule has 0 bridgehead atoms. The van der Waals surface area contributed by atoms with Crippen LogP contribution < -0.4 is 0 Å². The Kier molecular flexibility index (Phi) is 32.4. The van der Waals surface area contributed by atoms with Crippen molar-refractivity contribution in [2.75, 3.05) is 13.7 Å². The lowest BCUT2D eigenvalue weighted by atomic mass is 9.99. The summed E-state index contributed by atoms with van der Waals surface area (Å²) in [5.41, 5.74) is 0.